The first-order valence-corrected chi connectivity index (χ1v) is 3.85. The largest absolute Gasteiger partial charge is 0.368 e. The van der Waals surface area contributed by atoms with E-state index in [-0.39, 0.29) is 0 Å². The summed E-state index contributed by atoms with van der Waals surface area (Å²) >= 11 is 5.09. The number of hydrogen-bond donors (Lipinski definition) is 0. The third kappa shape index (κ3) is 1.48. The predicted molar refractivity (Wildman–Crippen MR) is 46.8 cm³/mol. The van der Waals surface area contributed by atoms with Gasteiger partial charge in [0.2, 0.25) is 0 Å². The third-order valence-electron chi connectivity index (χ3n) is 1.86. The minimum absolute atomic E-state index is 0.414. The molecule has 1 fully saturated rings. The molecule has 1 atom stereocenters. The lowest BCUT2D eigenvalue weighted by Gasteiger charge is -2.28. The molecule has 0 spiro atoms. The molecule has 0 aliphatic carbocycles. The Labute approximate surface area is 67.4 Å². The van der Waals surface area contributed by atoms with Gasteiger partial charge < -0.3 is 4.90 Å². The Morgan fingerprint density at radius 2 is 2.50 bits per heavy atom. The fourth-order valence-electron chi connectivity index (χ4n) is 1.15. The Balaban J connectivity index is 2.50. The second-order valence-corrected chi connectivity index (χ2v) is 3.15. The van der Waals surface area contributed by atoms with Crippen LogP contribution in [-0.2, 0) is 0 Å². The Kier molecular flexibility index (Phi) is 2.29. The van der Waals surface area contributed by atoms with Crippen molar-refractivity contribution < 1.29 is 0 Å². The topological polar surface area (TPSA) is 3.24 Å². The van der Waals surface area contributed by atoms with Crippen LogP contribution in [0.15, 0.2) is 0 Å². The molecule has 1 aliphatic rings. The molecule has 1 rings (SSSR count). The van der Waals surface area contributed by atoms with Crippen molar-refractivity contribution in [3.63, 3.8) is 0 Å². The number of rotatable bonds is 0. The molecule has 10 heavy (non-hydrogen) atoms. The molecule has 0 radical (unpaired) electrons. The molecule has 1 nitrogen and oxygen atoms in total. The summed E-state index contributed by atoms with van der Waals surface area (Å²) in [4.78, 5) is 3.12. The van der Waals surface area contributed by atoms with E-state index in [0.29, 0.717) is 5.92 Å². The quantitative estimate of drug-likeness (QED) is 0.381. The Morgan fingerprint density at radius 1 is 1.80 bits per heavy atom. The second kappa shape index (κ2) is 3.03. The zero-order chi connectivity index (χ0) is 7.56. The van der Waals surface area contributed by atoms with Crippen LogP contribution in [0.25, 0.3) is 0 Å². The van der Waals surface area contributed by atoms with Gasteiger partial charge in [-0.2, -0.15) is 0 Å². The molecule has 1 saturated heterocycles. The Hall–Kier alpha value is -0.550. The first-order valence-electron chi connectivity index (χ1n) is 3.44. The normalized spacial score (nSPS) is 26.2. The van der Waals surface area contributed by atoms with E-state index in [9.17, 15) is 0 Å². The molecule has 0 aromatic rings. The van der Waals surface area contributed by atoms with Gasteiger partial charge in [0.05, 0.1) is 4.99 Å². The Morgan fingerprint density at radius 3 is 3.00 bits per heavy atom. The molecular weight excluding hydrogens is 142 g/mol. The van der Waals surface area contributed by atoms with Crippen LogP contribution in [0.3, 0.4) is 0 Å². The summed E-state index contributed by atoms with van der Waals surface area (Å²) in [5.74, 6) is 3.17. The van der Waals surface area contributed by atoms with E-state index in [1.165, 1.54) is 0 Å². The zero-order valence-corrected chi connectivity index (χ0v) is 6.95. The molecule has 0 aromatic heterocycles. The molecule has 0 amide bonds. The van der Waals surface area contributed by atoms with Crippen molar-refractivity contribution in [1.29, 1.82) is 0 Å². The molecule has 1 aliphatic heterocycles. The van der Waals surface area contributed by atoms with Crippen LogP contribution in [-0.4, -0.2) is 23.5 Å². The van der Waals surface area contributed by atoms with Crippen LogP contribution >= 0.6 is 12.2 Å². The van der Waals surface area contributed by atoms with Gasteiger partial charge in [0.25, 0.3) is 0 Å². The SMILES string of the molecule is C#CC1CCC(=S)N(C)C1. The molecule has 0 N–H and O–H groups in total. The van der Waals surface area contributed by atoms with Crippen molar-refractivity contribution in [1.82, 2.24) is 4.90 Å². The monoisotopic (exact) mass is 153 g/mol. The van der Waals surface area contributed by atoms with Gasteiger partial charge in [0.1, 0.15) is 0 Å². The minimum Gasteiger partial charge on any atom is -0.368 e. The predicted octanol–water partition coefficient (Wildman–Crippen LogP) is 1.29. The van der Waals surface area contributed by atoms with Crippen molar-refractivity contribution in [2.24, 2.45) is 5.92 Å². The maximum atomic E-state index is 5.29. The summed E-state index contributed by atoms with van der Waals surface area (Å²) in [6.07, 6.45) is 7.35. The maximum Gasteiger partial charge on any atom is 0.0777 e. The maximum absolute atomic E-state index is 5.29. The van der Waals surface area contributed by atoms with Gasteiger partial charge in [-0.3, -0.25) is 0 Å². The summed E-state index contributed by atoms with van der Waals surface area (Å²) in [7, 11) is 2.01. The highest BCUT2D eigenvalue weighted by Gasteiger charge is 2.17. The van der Waals surface area contributed by atoms with Crippen molar-refractivity contribution in [2.75, 3.05) is 13.6 Å². The fraction of sp³-hybridized carbons (Fsp3) is 0.625. The standard InChI is InChI=1S/C8H11NS/c1-3-7-4-5-8(10)9(2)6-7/h1,7H,4-6H2,2H3. The molecule has 54 valence electrons. The highest BCUT2D eigenvalue weighted by molar-refractivity contribution is 7.80. The number of piperidine rings is 1. The van der Waals surface area contributed by atoms with E-state index >= 15 is 0 Å². The third-order valence-corrected chi connectivity index (χ3v) is 2.38. The lowest BCUT2D eigenvalue weighted by atomic mass is 10.00. The first kappa shape index (κ1) is 7.56. The second-order valence-electron chi connectivity index (χ2n) is 2.68. The van der Waals surface area contributed by atoms with Gasteiger partial charge in [0, 0.05) is 19.5 Å². The van der Waals surface area contributed by atoms with Crippen LogP contribution in [0.5, 0.6) is 0 Å². The highest BCUT2D eigenvalue weighted by Crippen LogP contribution is 2.15. The van der Waals surface area contributed by atoms with Crippen LogP contribution in [0.1, 0.15) is 12.8 Å². The van der Waals surface area contributed by atoms with Crippen molar-refractivity contribution in [3.05, 3.63) is 0 Å². The van der Waals surface area contributed by atoms with E-state index in [1.807, 2.05) is 7.05 Å². The lowest BCUT2D eigenvalue weighted by molar-refractivity contribution is 0.389. The van der Waals surface area contributed by atoms with E-state index in [2.05, 4.69) is 10.8 Å². The van der Waals surface area contributed by atoms with Crippen LogP contribution in [0, 0.1) is 18.3 Å². The minimum atomic E-state index is 0.414. The van der Waals surface area contributed by atoms with Crippen LogP contribution in [0.4, 0.5) is 0 Å². The van der Waals surface area contributed by atoms with Crippen LogP contribution < -0.4 is 0 Å². The number of thiocarbonyl (C=S) groups is 1. The summed E-state index contributed by atoms with van der Waals surface area (Å²) in [5, 5.41) is 0. The van der Waals surface area contributed by atoms with Crippen molar-refractivity contribution in [2.45, 2.75) is 12.8 Å². The van der Waals surface area contributed by atoms with Gasteiger partial charge in [-0.15, -0.1) is 12.3 Å². The van der Waals surface area contributed by atoms with Gasteiger partial charge in [-0.25, -0.2) is 0 Å². The summed E-state index contributed by atoms with van der Waals surface area (Å²) in [5.41, 5.74) is 0. The van der Waals surface area contributed by atoms with Gasteiger partial charge >= 0.3 is 0 Å². The van der Waals surface area contributed by atoms with Crippen molar-refractivity contribution in [3.8, 4) is 12.3 Å². The highest BCUT2D eigenvalue weighted by atomic mass is 32.1. The lowest BCUT2D eigenvalue weighted by Crippen LogP contribution is -2.35. The summed E-state index contributed by atoms with van der Waals surface area (Å²) in [6.45, 7) is 0.940. The van der Waals surface area contributed by atoms with E-state index < -0.39 is 0 Å². The number of likely N-dealkylation sites (tertiary alicyclic amines) is 1. The van der Waals surface area contributed by atoms with E-state index in [4.69, 9.17) is 18.6 Å². The number of terminal acetylenes is 1. The summed E-state index contributed by atoms with van der Waals surface area (Å²) in [6, 6.07) is 0. The molecular formula is C8H11NS. The van der Waals surface area contributed by atoms with Crippen LogP contribution in [0.2, 0.25) is 0 Å². The van der Waals surface area contributed by atoms with E-state index in [0.717, 1.165) is 24.4 Å². The van der Waals surface area contributed by atoms with Gasteiger partial charge in [-0.1, -0.05) is 12.2 Å². The molecule has 1 unspecified atom stereocenters. The average Bonchev–Trinajstić information content (AvgIpc) is 1.95. The van der Waals surface area contributed by atoms with Gasteiger partial charge in [-0.05, 0) is 12.8 Å². The van der Waals surface area contributed by atoms with Gasteiger partial charge in [0.15, 0.2) is 0 Å². The zero-order valence-electron chi connectivity index (χ0n) is 6.13. The van der Waals surface area contributed by atoms with Crippen molar-refractivity contribution >= 4 is 17.2 Å². The molecule has 0 bridgehead atoms. The molecule has 0 aromatic carbocycles. The Bertz CT molecular complexity index is 180. The fourth-order valence-corrected chi connectivity index (χ4v) is 1.34. The number of nitrogens with zero attached hydrogens (tertiary/aromatic N) is 1. The molecule has 2 heteroatoms. The van der Waals surface area contributed by atoms with E-state index in [1.54, 1.807) is 0 Å². The molecule has 1 heterocycles. The smallest absolute Gasteiger partial charge is 0.0777 e. The number of hydrogen-bond acceptors (Lipinski definition) is 1. The summed E-state index contributed by atoms with van der Waals surface area (Å²) < 4.78 is 0. The molecule has 0 saturated carbocycles. The first-order chi connectivity index (χ1) is 4.74. The average molecular weight is 153 g/mol.